The number of primary amides is 1. The molecule has 0 radical (unpaired) electrons. The summed E-state index contributed by atoms with van der Waals surface area (Å²) in [7, 11) is 1.96. The van der Waals surface area contributed by atoms with Crippen molar-refractivity contribution >= 4 is 69.0 Å². The lowest BCUT2D eigenvalue weighted by atomic mass is 10.0. The molecule has 286 valence electrons. The molecule has 12 N–H and O–H groups in total. The van der Waals surface area contributed by atoms with Crippen molar-refractivity contribution in [1.82, 2.24) is 26.6 Å². The molecule has 20 heteroatoms. The molecule has 0 unspecified atom stereocenters. The van der Waals surface area contributed by atoms with E-state index in [2.05, 4.69) is 26.6 Å². The summed E-state index contributed by atoms with van der Waals surface area (Å²) in [6.07, 6.45) is -2.12. The number of carbonyl (C=O) groups excluding carboxylic acids is 6. The number of hydrogen-bond acceptors (Lipinski definition) is 12. The van der Waals surface area contributed by atoms with E-state index in [-0.39, 0.29) is 30.1 Å². The van der Waals surface area contributed by atoms with Crippen LogP contribution in [0.2, 0.25) is 0 Å². The molecule has 0 saturated carbocycles. The van der Waals surface area contributed by atoms with E-state index in [9.17, 15) is 53.7 Å². The highest BCUT2D eigenvalue weighted by molar-refractivity contribution is 8.76. The first-order valence-electron chi connectivity index (χ1n) is 16.2. The van der Waals surface area contributed by atoms with E-state index in [4.69, 9.17) is 11.5 Å². The summed E-state index contributed by atoms with van der Waals surface area (Å²) < 4.78 is 0. The van der Waals surface area contributed by atoms with Crippen molar-refractivity contribution in [2.75, 3.05) is 11.5 Å². The Morgan fingerprint density at radius 3 is 1.72 bits per heavy atom. The quantitative estimate of drug-likeness (QED) is 0.119. The van der Waals surface area contributed by atoms with Gasteiger partial charge < -0.3 is 53.4 Å². The van der Waals surface area contributed by atoms with Crippen LogP contribution < -0.4 is 38.1 Å². The van der Waals surface area contributed by atoms with Gasteiger partial charge in [-0.05, 0) is 29.7 Å². The van der Waals surface area contributed by atoms with Crippen molar-refractivity contribution in [1.29, 1.82) is 0 Å². The minimum atomic E-state index is -1.72. The van der Waals surface area contributed by atoms with E-state index in [1.807, 2.05) is 0 Å². The largest absolute Gasteiger partial charge is 0.508 e. The number of benzene rings is 2. The topological polar surface area (TPSA) is 309 Å². The molecule has 0 bridgehead atoms. The smallest absolute Gasteiger partial charge is 0.327 e. The molecule has 0 aromatic heterocycles. The van der Waals surface area contributed by atoms with Gasteiger partial charge in [0.2, 0.25) is 35.4 Å². The third kappa shape index (κ3) is 14.3. The van der Waals surface area contributed by atoms with Crippen molar-refractivity contribution in [3.8, 4) is 5.75 Å². The van der Waals surface area contributed by atoms with E-state index in [1.54, 1.807) is 30.3 Å². The maximum absolute atomic E-state index is 13.9. The molecule has 0 spiro atoms. The van der Waals surface area contributed by atoms with E-state index in [1.165, 1.54) is 24.3 Å². The first kappa shape index (κ1) is 42.1. The number of phenols is 1. The molecule has 3 rings (SSSR count). The Hall–Kier alpha value is -5.34. The molecule has 6 amide bonds. The Balaban J connectivity index is 2.05. The molecular weight excluding hydrogens is 735 g/mol. The maximum Gasteiger partial charge on any atom is 0.327 e. The number of amides is 6. The summed E-state index contributed by atoms with van der Waals surface area (Å²) >= 11 is 0. The maximum atomic E-state index is 13.9. The number of nitrogens with two attached hydrogens (primary N) is 2. The summed E-state index contributed by atoms with van der Waals surface area (Å²) in [5.41, 5.74) is 12.5. The highest BCUT2D eigenvalue weighted by Crippen LogP contribution is 2.23. The summed E-state index contributed by atoms with van der Waals surface area (Å²) in [5, 5.41) is 41.0. The highest BCUT2D eigenvalue weighted by atomic mass is 33.1. The predicted octanol–water partition coefficient (Wildman–Crippen LogP) is -1.85. The second kappa shape index (κ2) is 20.6. The number of carboxylic acids is 2. The molecule has 18 nitrogen and oxygen atoms in total. The van der Waals surface area contributed by atoms with Gasteiger partial charge in [-0.2, -0.15) is 0 Å². The number of aliphatic carboxylic acids is 2. The Morgan fingerprint density at radius 1 is 0.660 bits per heavy atom. The number of hydrogen-bond donors (Lipinski definition) is 10. The Labute approximate surface area is 311 Å². The van der Waals surface area contributed by atoms with Crippen LogP contribution in [0.3, 0.4) is 0 Å². The summed E-state index contributed by atoms with van der Waals surface area (Å²) in [6.45, 7) is 0. The van der Waals surface area contributed by atoms with Crippen molar-refractivity contribution in [2.24, 2.45) is 11.5 Å². The molecule has 2 aromatic rings. The van der Waals surface area contributed by atoms with Crippen LogP contribution in [-0.4, -0.2) is 110 Å². The second-order valence-corrected chi connectivity index (χ2v) is 14.5. The van der Waals surface area contributed by atoms with Crippen molar-refractivity contribution < 1.29 is 53.7 Å². The minimum absolute atomic E-state index is 0.0401. The fraction of sp³-hybridized carbons (Fsp3) is 0.394. The monoisotopic (exact) mass is 775 g/mol. The van der Waals surface area contributed by atoms with Crippen LogP contribution >= 0.6 is 21.6 Å². The molecule has 1 fully saturated rings. The first-order valence-corrected chi connectivity index (χ1v) is 18.7. The Morgan fingerprint density at radius 2 is 1.15 bits per heavy atom. The molecule has 0 aliphatic carbocycles. The fourth-order valence-corrected chi connectivity index (χ4v) is 7.22. The van der Waals surface area contributed by atoms with Gasteiger partial charge in [-0.25, -0.2) is 4.79 Å². The molecule has 1 saturated heterocycles. The van der Waals surface area contributed by atoms with Crippen molar-refractivity contribution in [3.63, 3.8) is 0 Å². The van der Waals surface area contributed by atoms with Gasteiger partial charge in [0.05, 0.1) is 12.5 Å². The van der Waals surface area contributed by atoms with E-state index in [0.29, 0.717) is 11.1 Å². The molecule has 2 aromatic carbocycles. The van der Waals surface area contributed by atoms with Crippen LogP contribution in [0.4, 0.5) is 0 Å². The lowest BCUT2D eigenvalue weighted by Gasteiger charge is -2.27. The predicted molar refractivity (Wildman–Crippen MR) is 193 cm³/mol. The molecule has 6 atom stereocenters. The summed E-state index contributed by atoms with van der Waals surface area (Å²) in [6, 6.07) is 5.49. The summed E-state index contributed by atoms with van der Waals surface area (Å²) in [4.78, 5) is 103. The van der Waals surface area contributed by atoms with Crippen LogP contribution in [0.15, 0.2) is 54.6 Å². The van der Waals surface area contributed by atoms with Crippen LogP contribution in [0.25, 0.3) is 0 Å². The first-order chi connectivity index (χ1) is 25.1. The molecule has 1 aliphatic rings. The number of carboxylic acid groups (broad SMARTS) is 2. The summed E-state index contributed by atoms with van der Waals surface area (Å²) in [5.74, 6) is -8.87. The second-order valence-electron chi connectivity index (χ2n) is 12.0. The van der Waals surface area contributed by atoms with Crippen LogP contribution in [0, 0.1) is 0 Å². The SMILES string of the molecule is NC(=O)C[C@@H]1NC(=O)[C@H](CCC(=O)O)NC(=O)[C@H](Cc2ccccc2)NC(=O)[C@H](Cc2ccc(O)cc2)NC(=O)[C@@H](N)CSSC[C@@H](C(=O)O)NC1=O. The zero-order chi connectivity index (χ0) is 39.1. The third-order valence-electron chi connectivity index (χ3n) is 7.76. The number of rotatable bonds is 10. The lowest BCUT2D eigenvalue weighted by Crippen LogP contribution is -2.60. The van der Waals surface area contributed by atoms with Crippen LogP contribution in [0.1, 0.15) is 30.4 Å². The fourth-order valence-electron chi connectivity index (χ4n) is 4.94. The normalized spacial score (nSPS) is 24.0. The lowest BCUT2D eigenvalue weighted by molar-refractivity contribution is -0.141. The zero-order valence-corrected chi connectivity index (χ0v) is 29.8. The van der Waals surface area contributed by atoms with Gasteiger partial charge in [0.15, 0.2) is 0 Å². The average molecular weight is 776 g/mol. The zero-order valence-electron chi connectivity index (χ0n) is 28.2. The number of nitrogens with one attached hydrogen (secondary N) is 5. The van der Waals surface area contributed by atoms with Gasteiger partial charge in [-0.3, -0.25) is 33.6 Å². The Bertz CT molecular complexity index is 1650. The molecular formula is C33H41N7O11S2. The van der Waals surface area contributed by atoms with Gasteiger partial charge in [0.25, 0.3) is 0 Å². The average Bonchev–Trinajstić information content (AvgIpc) is 3.10. The minimum Gasteiger partial charge on any atom is -0.508 e. The van der Waals surface area contributed by atoms with Gasteiger partial charge >= 0.3 is 11.9 Å². The van der Waals surface area contributed by atoms with Crippen LogP contribution in [-0.2, 0) is 51.2 Å². The highest BCUT2D eigenvalue weighted by Gasteiger charge is 2.34. The molecule has 1 aliphatic heterocycles. The van der Waals surface area contributed by atoms with Crippen LogP contribution in [0.5, 0.6) is 5.75 Å². The third-order valence-corrected chi connectivity index (χ3v) is 10.2. The number of phenolic OH excluding ortho intramolecular Hbond substituents is 1. The Kier molecular flexibility index (Phi) is 16.4. The van der Waals surface area contributed by atoms with Gasteiger partial charge in [0.1, 0.15) is 36.0 Å². The number of carbonyl (C=O) groups is 8. The van der Waals surface area contributed by atoms with Crippen molar-refractivity contribution in [3.05, 3.63) is 65.7 Å². The molecule has 1 heterocycles. The van der Waals surface area contributed by atoms with E-state index in [0.717, 1.165) is 21.6 Å². The van der Waals surface area contributed by atoms with Gasteiger partial charge in [-0.1, -0.05) is 64.1 Å². The van der Waals surface area contributed by atoms with E-state index >= 15 is 0 Å². The standard InChI is InChI=1S/C33H41N7O11S2/c34-20-15-52-53-16-25(33(50)51)40-32(49)24(14-26(35)42)39-29(46)21(10-11-27(43)44)36-30(47)23(12-17-4-2-1-3-5-17)38-31(48)22(37-28(20)45)13-18-6-8-19(41)9-7-18/h1-9,20-25,41H,10-16,34H2,(H2,35,42)(H,36,47)(H,37,45)(H,38,48)(H,39,46)(H,40,49)(H,43,44)(H,50,51)/t20-,21-,22-,23-,24-,25-/m0/s1. The number of aromatic hydroxyl groups is 1. The molecule has 53 heavy (non-hydrogen) atoms. The van der Waals surface area contributed by atoms with Crippen molar-refractivity contribution in [2.45, 2.75) is 68.4 Å². The van der Waals surface area contributed by atoms with Gasteiger partial charge in [0, 0.05) is 30.8 Å². The van der Waals surface area contributed by atoms with E-state index < -0.39 is 103 Å². The van der Waals surface area contributed by atoms with Gasteiger partial charge in [-0.15, -0.1) is 0 Å².